The minimum absolute atomic E-state index is 0.488. The van der Waals surface area contributed by atoms with Gasteiger partial charge in [0.1, 0.15) is 0 Å². The summed E-state index contributed by atoms with van der Waals surface area (Å²) in [5.41, 5.74) is 1.38. The fraction of sp³-hybridized carbons (Fsp3) is 0.211. The minimum atomic E-state index is 0.488. The number of aryl methyl sites for hydroxylation is 1. The van der Waals surface area contributed by atoms with Gasteiger partial charge in [-0.3, -0.25) is 0 Å². The lowest BCUT2D eigenvalue weighted by molar-refractivity contribution is 0.624. The summed E-state index contributed by atoms with van der Waals surface area (Å²) in [5.74, 6) is 0. The first-order chi connectivity index (χ1) is 11.7. The van der Waals surface area contributed by atoms with E-state index in [-0.39, 0.29) is 0 Å². The Labute approximate surface area is 164 Å². The van der Waals surface area contributed by atoms with Crippen LogP contribution in [0.2, 0.25) is 0 Å². The maximum Gasteiger partial charge on any atom is 0.0946 e. The van der Waals surface area contributed by atoms with E-state index in [1.165, 1.54) is 10.5 Å². The highest BCUT2D eigenvalue weighted by molar-refractivity contribution is 9.10. The molecule has 0 aliphatic rings. The number of nitrogens with zero attached hydrogens (tertiary/aromatic N) is 2. The highest BCUT2D eigenvalue weighted by Gasteiger charge is 2.13. The lowest BCUT2D eigenvalue weighted by atomic mass is 10.1. The van der Waals surface area contributed by atoms with E-state index in [1.807, 2.05) is 30.5 Å². The van der Waals surface area contributed by atoms with Gasteiger partial charge in [0.2, 0.25) is 0 Å². The number of halogens is 2. The zero-order valence-electron chi connectivity index (χ0n) is 13.1. The van der Waals surface area contributed by atoms with Crippen LogP contribution in [0.3, 0.4) is 0 Å². The molecular formula is C19H18Br2N2S. The molecule has 0 radical (unpaired) electrons. The molecule has 3 aromatic rings. The van der Waals surface area contributed by atoms with Crippen molar-refractivity contribution in [2.45, 2.75) is 29.5 Å². The van der Waals surface area contributed by atoms with Crippen molar-refractivity contribution in [1.29, 1.82) is 0 Å². The van der Waals surface area contributed by atoms with Gasteiger partial charge in [0, 0.05) is 38.0 Å². The van der Waals surface area contributed by atoms with Gasteiger partial charge in [0.15, 0.2) is 0 Å². The molecule has 1 unspecified atom stereocenters. The van der Waals surface area contributed by atoms with Gasteiger partial charge in [-0.25, -0.2) is 4.98 Å². The third-order valence-electron chi connectivity index (χ3n) is 3.77. The fourth-order valence-corrected chi connectivity index (χ4v) is 4.52. The molecule has 1 heterocycles. The Balaban J connectivity index is 1.69. The minimum Gasteiger partial charge on any atom is -0.336 e. The Morgan fingerprint density at radius 3 is 2.54 bits per heavy atom. The zero-order chi connectivity index (χ0) is 16.8. The van der Waals surface area contributed by atoms with Gasteiger partial charge < -0.3 is 4.57 Å². The monoisotopic (exact) mass is 464 g/mol. The van der Waals surface area contributed by atoms with Gasteiger partial charge in [0.25, 0.3) is 0 Å². The normalized spacial score (nSPS) is 12.2. The van der Waals surface area contributed by atoms with Gasteiger partial charge in [-0.1, -0.05) is 40.2 Å². The van der Waals surface area contributed by atoms with E-state index in [0.717, 1.165) is 28.3 Å². The van der Waals surface area contributed by atoms with Crippen molar-refractivity contribution in [3.8, 4) is 0 Å². The second-order valence-electron chi connectivity index (χ2n) is 5.59. The Kier molecular flexibility index (Phi) is 6.58. The lowest BCUT2D eigenvalue weighted by Gasteiger charge is -2.18. The van der Waals surface area contributed by atoms with Crippen LogP contribution < -0.4 is 0 Å². The van der Waals surface area contributed by atoms with Crippen LogP contribution in [0.5, 0.6) is 0 Å². The van der Waals surface area contributed by atoms with E-state index in [2.05, 4.69) is 89.9 Å². The molecule has 0 saturated carbocycles. The number of aromatic nitrogens is 2. The molecule has 0 spiro atoms. The molecule has 0 aliphatic heterocycles. The number of rotatable bonds is 7. The van der Waals surface area contributed by atoms with E-state index < -0.39 is 0 Å². The van der Waals surface area contributed by atoms with Crippen LogP contribution in [-0.4, -0.2) is 14.8 Å². The smallest absolute Gasteiger partial charge is 0.0946 e. The van der Waals surface area contributed by atoms with E-state index in [1.54, 1.807) is 0 Å². The summed E-state index contributed by atoms with van der Waals surface area (Å²) in [4.78, 5) is 5.46. The molecule has 1 aromatic heterocycles. The predicted octanol–water partition coefficient (Wildman–Crippen LogP) is 6.20. The maximum atomic E-state index is 4.17. The van der Waals surface area contributed by atoms with Crippen LogP contribution in [0.1, 0.15) is 12.0 Å². The van der Waals surface area contributed by atoms with Crippen LogP contribution in [0.4, 0.5) is 0 Å². The summed E-state index contributed by atoms with van der Waals surface area (Å²) in [6, 6.07) is 17.0. The topological polar surface area (TPSA) is 17.8 Å². The fourth-order valence-electron chi connectivity index (χ4n) is 2.52. The first kappa shape index (κ1) is 17.8. The zero-order valence-corrected chi connectivity index (χ0v) is 17.1. The van der Waals surface area contributed by atoms with Gasteiger partial charge in [-0.05, 0) is 58.6 Å². The first-order valence-corrected chi connectivity index (χ1v) is 10.3. The lowest BCUT2D eigenvalue weighted by Crippen LogP contribution is -2.13. The third kappa shape index (κ3) is 5.23. The second-order valence-corrected chi connectivity index (χ2v) is 8.71. The molecule has 0 saturated heterocycles. The van der Waals surface area contributed by atoms with Crippen LogP contribution in [0.15, 0.2) is 81.1 Å². The summed E-state index contributed by atoms with van der Waals surface area (Å²) in [6.07, 6.45) is 7.96. The van der Waals surface area contributed by atoms with Crippen molar-refractivity contribution >= 4 is 43.6 Å². The molecule has 1 atom stereocenters. The molecule has 0 amide bonds. The Morgan fingerprint density at radius 1 is 1.04 bits per heavy atom. The molecule has 5 heteroatoms. The van der Waals surface area contributed by atoms with Crippen LogP contribution >= 0.6 is 43.6 Å². The molecule has 124 valence electrons. The van der Waals surface area contributed by atoms with Crippen LogP contribution in [-0.2, 0) is 13.0 Å². The highest BCUT2D eigenvalue weighted by Crippen LogP contribution is 2.33. The first-order valence-electron chi connectivity index (χ1n) is 7.82. The molecule has 0 bridgehead atoms. The average molecular weight is 466 g/mol. The molecule has 24 heavy (non-hydrogen) atoms. The standard InChI is InChI=1S/C19H18Br2N2S/c20-16-8-5-15(6-9-16)7-10-17(13-23-12-11-22-14-23)24-19-4-2-1-3-18(19)21/h1-6,8-9,11-12,14,17H,7,10,13H2. The molecule has 0 fully saturated rings. The van der Waals surface area contributed by atoms with Crippen molar-refractivity contribution < 1.29 is 0 Å². The highest BCUT2D eigenvalue weighted by atomic mass is 79.9. The molecule has 2 aromatic carbocycles. The van der Waals surface area contributed by atoms with Gasteiger partial charge in [0.05, 0.1) is 6.33 Å². The predicted molar refractivity (Wildman–Crippen MR) is 108 cm³/mol. The quantitative estimate of drug-likeness (QED) is 0.386. The largest absolute Gasteiger partial charge is 0.336 e. The molecule has 0 N–H and O–H groups in total. The number of hydrogen-bond acceptors (Lipinski definition) is 2. The van der Waals surface area contributed by atoms with E-state index in [0.29, 0.717) is 5.25 Å². The Morgan fingerprint density at radius 2 is 1.83 bits per heavy atom. The van der Waals surface area contributed by atoms with Gasteiger partial charge in [-0.15, -0.1) is 11.8 Å². The Hall–Kier alpha value is -1.04. The molecular weight excluding hydrogens is 448 g/mol. The van der Waals surface area contributed by atoms with Crippen molar-refractivity contribution in [3.05, 3.63) is 81.8 Å². The Bertz CT molecular complexity index is 757. The van der Waals surface area contributed by atoms with Crippen LogP contribution in [0.25, 0.3) is 0 Å². The summed E-state index contributed by atoms with van der Waals surface area (Å²) >= 11 is 9.09. The van der Waals surface area contributed by atoms with Gasteiger partial charge >= 0.3 is 0 Å². The van der Waals surface area contributed by atoms with Crippen molar-refractivity contribution in [2.75, 3.05) is 0 Å². The van der Waals surface area contributed by atoms with Gasteiger partial charge in [-0.2, -0.15) is 0 Å². The maximum absolute atomic E-state index is 4.17. The number of imidazole rings is 1. The molecule has 2 nitrogen and oxygen atoms in total. The van der Waals surface area contributed by atoms with E-state index in [4.69, 9.17) is 0 Å². The number of hydrogen-bond donors (Lipinski definition) is 0. The second kappa shape index (κ2) is 8.88. The third-order valence-corrected chi connectivity index (χ3v) is 6.58. The number of thioether (sulfide) groups is 1. The van der Waals surface area contributed by atoms with Crippen molar-refractivity contribution in [3.63, 3.8) is 0 Å². The van der Waals surface area contributed by atoms with Crippen molar-refractivity contribution in [1.82, 2.24) is 9.55 Å². The average Bonchev–Trinajstić information content (AvgIpc) is 3.09. The van der Waals surface area contributed by atoms with Crippen molar-refractivity contribution in [2.24, 2.45) is 0 Å². The van der Waals surface area contributed by atoms with E-state index >= 15 is 0 Å². The van der Waals surface area contributed by atoms with Crippen LogP contribution in [0, 0.1) is 0 Å². The molecule has 3 rings (SSSR count). The molecule has 0 aliphatic carbocycles. The summed E-state index contributed by atoms with van der Waals surface area (Å²) < 4.78 is 4.45. The summed E-state index contributed by atoms with van der Waals surface area (Å²) in [6.45, 7) is 0.961. The number of benzene rings is 2. The summed E-state index contributed by atoms with van der Waals surface area (Å²) in [7, 11) is 0. The summed E-state index contributed by atoms with van der Waals surface area (Å²) in [5, 5.41) is 0.488. The SMILES string of the molecule is Brc1ccc(CCC(Cn2ccnc2)Sc2ccccc2Br)cc1. The van der Waals surface area contributed by atoms with E-state index in [9.17, 15) is 0 Å².